The van der Waals surface area contributed by atoms with Gasteiger partial charge >= 0.3 is 11.9 Å². The van der Waals surface area contributed by atoms with E-state index < -0.39 is 5.60 Å². The molecule has 1 aromatic heterocycles. The van der Waals surface area contributed by atoms with Gasteiger partial charge in [0.2, 0.25) is 0 Å². The molecule has 0 aliphatic rings. The van der Waals surface area contributed by atoms with Gasteiger partial charge in [0.15, 0.2) is 0 Å². The summed E-state index contributed by atoms with van der Waals surface area (Å²) in [5.74, 6) is 0.239. The van der Waals surface area contributed by atoms with Gasteiger partial charge < -0.3 is 14.0 Å². The number of rotatable bonds is 8. The highest BCUT2D eigenvalue weighted by Crippen LogP contribution is 2.28. The van der Waals surface area contributed by atoms with E-state index in [0.717, 1.165) is 52.8 Å². The van der Waals surface area contributed by atoms with Gasteiger partial charge in [-0.2, -0.15) is 0 Å². The Bertz CT molecular complexity index is 1410. The van der Waals surface area contributed by atoms with Crippen molar-refractivity contribution in [3.8, 4) is 11.1 Å². The third-order valence-corrected chi connectivity index (χ3v) is 6.16. The number of unbranched alkanes of at least 4 members (excludes halogenated alkanes) is 1. The molecule has 4 aromatic rings. The van der Waals surface area contributed by atoms with Crippen LogP contribution in [0.1, 0.15) is 72.6 Å². The monoisotopic (exact) mass is 498 g/mol. The summed E-state index contributed by atoms with van der Waals surface area (Å²) in [7, 11) is 1.40. The van der Waals surface area contributed by atoms with Crippen LogP contribution in [0.5, 0.6) is 0 Å². The van der Waals surface area contributed by atoms with Crippen LogP contribution in [-0.2, 0) is 22.4 Å². The van der Waals surface area contributed by atoms with Gasteiger partial charge in [-0.25, -0.2) is 14.6 Å². The van der Waals surface area contributed by atoms with E-state index in [2.05, 4.69) is 23.6 Å². The zero-order chi connectivity index (χ0) is 26.6. The second-order valence-corrected chi connectivity index (χ2v) is 10.1. The average Bonchev–Trinajstić information content (AvgIpc) is 3.23. The predicted molar refractivity (Wildman–Crippen MR) is 146 cm³/mol. The van der Waals surface area contributed by atoms with Gasteiger partial charge in [-0.1, -0.05) is 61.9 Å². The first-order chi connectivity index (χ1) is 17.7. The molecule has 0 bridgehead atoms. The molecular weight excluding hydrogens is 464 g/mol. The van der Waals surface area contributed by atoms with Crippen LogP contribution in [0.15, 0.2) is 66.7 Å². The van der Waals surface area contributed by atoms with E-state index in [1.807, 2.05) is 63.2 Å². The number of fused-ring (bicyclic) bond motifs is 1. The first-order valence-electron chi connectivity index (χ1n) is 12.7. The molecule has 0 fully saturated rings. The summed E-state index contributed by atoms with van der Waals surface area (Å²) in [6.07, 6.45) is 2.89. The minimum absolute atomic E-state index is 0.340. The van der Waals surface area contributed by atoms with Crippen molar-refractivity contribution in [2.75, 3.05) is 7.11 Å². The molecular formula is C31H34N2O4. The molecule has 0 N–H and O–H groups in total. The third kappa shape index (κ3) is 5.91. The van der Waals surface area contributed by atoms with Crippen molar-refractivity contribution in [3.63, 3.8) is 0 Å². The van der Waals surface area contributed by atoms with Crippen LogP contribution in [0.4, 0.5) is 0 Å². The molecule has 192 valence electrons. The van der Waals surface area contributed by atoms with E-state index in [1.165, 1.54) is 7.11 Å². The quantitative estimate of drug-likeness (QED) is 0.249. The van der Waals surface area contributed by atoms with Crippen molar-refractivity contribution in [3.05, 3.63) is 89.2 Å². The number of carbonyl (C=O) groups excluding carboxylic acids is 2. The smallest absolute Gasteiger partial charge is 0.340 e. The topological polar surface area (TPSA) is 70.4 Å². The molecule has 0 aliphatic heterocycles. The highest BCUT2D eigenvalue weighted by molar-refractivity contribution is 6.02. The highest BCUT2D eigenvalue weighted by atomic mass is 16.6. The zero-order valence-electron chi connectivity index (χ0n) is 22.2. The summed E-state index contributed by atoms with van der Waals surface area (Å²) in [6, 6.07) is 21.2. The van der Waals surface area contributed by atoms with Crippen LogP contribution in [0, 0.1) is 0 Å². The van der Waals surface area contributed by atoms with Crippen molar-refractivity contribution < 1.29 is 19.1 Å². The van der Waals surface area contributed by atoms with Crippen LogP contribution in [-0.4, -0.2) is 34.2 Å². The van der Waals surface area contributed by atoms with Gasteiger partial charge in [0.25, 0.3) is 0 Å². The Morgan fingerprint density at radius 2 is 1.59 bits per heavy atom. The molecule has 0 saturated carbocycles. The number of aromatic nitrogens is 2. The lowest BCUT2D eigenvalue weighted by atomic mass is 9.98. The summed E-state index contributed by atoms with van der Waals surface area (Å²) in [6.45, 7) is 8.31. The van der Waals surface area contributed by atoms with Crippen molar-refractivity contribution in [2.24, 2.45) is 0 Å². The van der Waals surface area contributed by atoms with Crippen molar-refractivity contribution in [1.82, 2.24) is 9.55 Å². The predicted octanol–water partition coefficient (Wildman–Crippen LogP) is 6.84. The Morgan fingerprint density at radius 3 is 2.27 bits per heavy atom. The maximum atomic E-state index is 12.8. The van der Waals surface area contributed by atoms with E-state index in [0.29, 0.717) is 17.7 Å². The standard InChI is InChI=1S/C31H34N2O4/c1-6-7-15-27-32-26-14-10-13-25(29(34)36-5)28(26)33(27)20-21-16-18-22(19-17-21)23-11-8-9-12-24(23)30(35)37-31(2,3)4/h8-14,16-19H,6-7,15,20H2,1-5H3. The number of benzene rings is 3. The normalized spacial score (nSPS) is 11.5. The molecule has 4 rings (SSSR count). The lowest BCUT2D eigenvalue weighted by molar-refractivity contribution is 0.00702. The fraction of sp³-hybridized carbons (Fsp3) is 0.323. The number of aryl methyl sites for hydroxylation is 1. The van der Waals surface area contributed by atoms with Gasteiger partial charge in [-0.3, -0.25) is 0 Å². The third-order valence-electron chi connectivity index (χ3n) is 6.16. The highest BCUT2D eigenvalue weighted by Gasteiger charge is 2.21. The van der Waals surface area contributed by atoms with Crippen LogP contribution < -0.4 is 0 Å². The molecule has 0 spiro atoms. The molecule has 3 aromatic carbocycles. The van der Waals surface area contributed by atoms with Crippen LogP contribution in [0.3, 0.4) is 0 Å². The average molecular weight is 499 g/mol. The van der Waals surface area contributed by atoms with E-state index in [1.54, 1.807) is 12.1 Å². The fourth-order valence-electron chi connectivity index (χ4n) is 4.42. The number of hydrogen-bond acceptors (Lipinski definition) is 5. The first kappa shape index (κ1) is 26.1. The molecule has 6 nitrogen and oxygen atoms in total. The van der Waals surface area contributed by atoms with Crippen molar-refractivity contribution in [1.29, 1.82) is 0 Å². The van der Waals surface area contributed by atoms with E-state index in [4.69, 9.17) is 14.5 Å². The van der Waals surface area contributed by atoms with Gasteiger partial charge in [0, 0.05) is 13.0 Å². The molecule has 0 radical (unpaired) electrons. The molecule has 0 saturated heterocycles. The van der Waals surface area contributed by atoms with Crippen LogP contribution >= 0.6 is 0 Å². The summed E-state index contributed by atoms with van der Waals surface area (Å²) in [5.41, 5.74) is 4.88. The van der Waals surface area contributed by atoms with Crippen molar-refractivity contribution in [2.45, 2.75) is 59.1 Å². The molecule has 0 aliphatic carbocycles. The van der Waals surface area contributed by atoms with Crippen LogP contribution in [0.2, 0.25) is 0 Å². The minimum atomic E-state index is -0.569. The fourth-order valence-corrected chi connectivity index (χ4v) is 4.42. The first-order valence-corrected chi connectivity index (χ1v) is 12.7. The zero-order valence-corrected chi connectivity index (χ0v) is 22.2. The number of carbonyl (C=O) groups is 2. The Hall–Kier alpha value is -3.93. The summed E-state index contributed by atoms with van der Waals surface area (Å²) >= 11 is 0. The summed E-state index contributed by atoms with van der Waals surface area (Å²) in [5, 5.41) is 0. The van der Waals surface area contributed by atoms with Gasteiger partial charge in [0.05, 0.1) is 29.3 Å². The molecule has 1 heterocycles. The van der Waals surface area contributed by atoms with Crippen molar-refractivity contribution >= 4 is 23.0 Å². The second kappa shape index (κ2) is 11.0. The number of methoxy groups -OCH3 is 1. The summed E-state index contributed by atoms with van der Waals surface area (Å²) < 4.78 is 12.8. The molecule has 0 atom stereocenters. The van der Waals surface area contributed by atoms with Gasteiger partial charge in [0.1, 0.15) is 11.4 Å². The SMILES string of the molecule is CCCCc1nc2cccc(C(=O)OC)c2n1Cc1ccc(-c2ccccc2C(=O)OC(C)(C)C)cc1. The molecule has 0 amide bonds. The Kier molecular flexibility index (Phi) is 7.77. The molecule has 0 unspecified atom stereocenters. The Morgan fingerprint density at radius 1 is 0.892 bits per heavy atom. The number of esters is 2. The summed E-state index contributed by atoms with van der Waals surface area (Å²) in [4.78, 5) is 30.2. The minimum Gasteiger partial charge on any atom is -0.465 e. The maximum Gasteiger partial charge on any atom is 0.340 e. The maximum absolute atomic E-state index is 12.8. The lowest BCUT2D eigenvalue weighted by Crippen LogP contribution is -2.24. The number of nitrogens with zero attached hydrogens (tertiary/aromatic N) is 2. The number of para-hydroxylation sites is 1. The van der Waals surface area contributed by atoms with E-state index >= 15 is 0 Å². The lowest BCUT2D eigenvalue weighted by Gasteiger charge is -2.20. The Balaban J connectivity index is 1.69. The molecule has 6 heteroatoms. The largest absolute Gasteiger partial charge is 0.465 e. The van der Waals surface area contributed by atoms with Gasteiger partial charge in [-0.05, 0) is 62.1 Å². The number of hydrogen-bond donors (Lipinski definition) is 0. The van der Waals surface area contributed by atoms with E-state index in [9.17, 15) is 9.59 Å². The number of imidazole rings is 1. The van der Waals surface area contributed by atoms with Crippen LogP contribution in [0.25, 0.3) is 22.2 Å². The second-order valence-electron chi connectivity index (χ2n) is 10.1. The molecule has 37 heavy (non-hydrogen) atoms. The van der Waals surface area contributed by atoms with Gasteiger partial charge in [-0.15, -0.1) is 0 Å². The van der Waals surface area contributed by atoms with E-state index in [-0.39, 0.29) is 11.9 Å². The number of ether oxygens (including phenoxy) is 2. The Labute approximate surface area is 218 Å².